The molecule has 1 N–H and O–H groups in total. The number of rotatable bonds is 6. The van der Waals surface area contributed by atoms with Gasteiger partial charge in [0.25, 0.3) is 0 Å². The lowest BCUT2D eigenvalue weighted by Gasteiger charge is -2.16. The van der Waals surface area contributed by atoms with Crippen LogP contribution in [0.5, 0.6) is 0 Å². The van der Waals surface area contributed by atoms with Crippen LogP contribution in [0.2, 0.25) is 0 Å². The second kappa shape index (κ2) is 6.38. The van der Waals surface area contributed by atoms with Crippen molar-refractivity contribution in [2.24, 2.45) is 0 Å². The van der Waals surface area contributed by atoms with Crippen LogP contribution >= 0.6 is 0 Å². The van der Waals surface area contributed by atoms with E-state index in [-0.39, 0.29) is 6.04 Å². The maximum absolute atomic E-state index is 13.5. The van der Waals surface area contributed by atoms with E-state index >= 15 is 0 Å². The molecule has 0 bridgehead atoms. The van der Waals surface area contributed by atoms with E-state index in [2.05, 4.69) is 11.9 Å². The molecule has 0 radical (unpaired) electrons. The van der Waals surface area contributed by atoms with Crippen molar-refractivity contribution < 1.29 is 8.78 Å². The monoisotopic (exact) mass is 225 g/mol. The van der Waals surface area contributed by atoms with Gasteiger partial charge >= 0.3 is 0 Å². The van der Waals surface area contributed by atoms with E-state index in [1.807, 2.05) is 6.08 Å². The molecule has 0 aromatic heterocycles. The Morgan fingerprint density at radius 1 is 1.44 bits per heavy atom. The normalized spacial score (nSPS) is 12.4. The molecule has 0 fully saturated rings. The van der Waals surface area contributed by atoms with E-state index in [1.54, 1.807) is 7.05 Å². The van der Waals surface area contributed by atoms with E-state index in [0.717, 1.165) is 25.3 Å². The standard InChI is InChI=1S/C13H17F2N/c1-3-4-5-6-13(16-2)11-8-7-10(14)9-12(11)15/h3,7-9,13,16H,1,4-6H2,2H3. The van der Waals surface area contributed by atoms with Crippen LogP contribution in [0, 0.1) is 11.6 Å². The van der Waals surface area contributed by atoms with Crippen molar-refractivity contribution in [3.63, 3.8) is 0 Å². The van der Waals surface area contributed by atoms with Crippen molar-refractivity contribution in [1.29, 1.82) is 0 Å². The van der Waals surface area contributed by atoms with Crippen molar-refractivity contribution in [1.82, 2.24) is 5.32 Å². The first-order valence-corrected chi connectivity index (χ1v) is 5.42. The topological polar surface area (TPSA) is 12.0 Å². The Balaban J connectivity index is 2.74. The summed E-state index contributed by atoms with van der Waals surface area (Å²) in [5.74, 6) is -1.03. The summed E-state index contributed by atoms with van der Waals surface area (Å²) >= 11 is 0. The fourth-order valence-corrected chi connectivity index (χ4v) is 1.71. The van der Waals surface area contributed by atoms with Gasteiger partial charge in [-0.15, -0.1) is 6.58 Å². The van der Waals surface area contributed by atoms with Gasteiger partial charge in [0.1, 0.15) is 11.6 Å². The van der Waals surface area contributed by atoms with E-state index < -0.39 is 11.6 Å². The lowest BCUT2D eigenvalue weighted by molar-refractivity contribution is 0.490. The highest BCUT2D eigenvalue weighted by molar-refractivity contribution is 5.22. The third kappa shape index (κ3) is 3.42. The minimum absolute atomic E-state index is 0.0689. The summed E-state index contributed by atoms with van der Waals surface area (Å²) < 4.78 is 26.2. The molecule has 88 valence electrons. The second-order valence-electron chi connectivity index (χ2n) is 3.73. The second-order valence-corrected chi connectivity index (χ2v) is 3.73. The van der Waals surface area contributed by atoms with E-state index in [0.29, 0.717) is 5.56 Å². The predicted octanol–water partition coefficient (Wildman–Crippen LogP) is 3.58. The van der Waals surface area contributed by atoms with Gasteiger partial charge in [0.15, 0.2) is 0 Å². The fourth-order valence-electron chi connectivity index (χ4n) is 1.71. The Morgan fingerprint density at radius 2 is 2.19 bits per heavy atom. The maximum Gasteiger partial charge on any atom is 0.130 e. The lowest BCUT2D eigenvalue weighted by Crippen LogP contribution is -2.17. The zero-order valence-corrected chi connectivity index (χ0v) is 9.47. The predicted molar refractivity (Wildman–Crippen MR) is 62.2 cm³/mol. The lowest BCUT2D eigenvalue weighted by atomic mass is 10.0. The molecule has 0 saturated carbocycles. The van der Waals surface area contributed by atoms with Crippen LogP contribution in [0.4, 0.5) is 8.78 Å². The van der Waals surface area contributed by atoms with Gasteiger partial charge < -0.3 is 5.32 Å². The Kier molecular flexibility index (Phi) is 5.12. The van der Waals surface area contributed by atoms with Crippen LogP contribution in [0.15, 0.2) is 30.9 Å². The van der Waals surface area contributed by atoms with Gasteiger partial charge in [0.2, 0.25) is 0 Å². The van der Waals surface area contributed by atoms with Gasteiger partial charge in [-0.2, -0.15) is 0 Å². The van der Waals surface area contributed by atoms with Crippen LogP contribution in [0.1, 0.15) is 30.9 Å². The van der Waals surface area contributed by atoms with Gasteiger partial charge in [-0.3, -0.25) is 0 Å². The molecule has 0 aliphatic heterocycles. The van der Waals surface area contributed by atoms with Gasteiger partial charge in [0.05, 0.1) is 0 Å². The number of allylic oxidation sites excluding steroid dienone is 1. The highest BCUT2D eigenvalue weighted by Gasteiger charge is 2.13. The first-order valence-electron chi connectivity index (χ1n) is 5.42. The summed E-state index contributed by atoms with van der Waals surface area (Å²) in [4.78, 5) is 0. The molecule has 1 aromatic carbocycles. The van der Waals surface area contributed by atoms with Crippen LogP contribution in [0.3, 0.4) is 0 Å². The molecule has 0 aliphatic carbocycles. The molecule has 16 heavy (non-hydrogen) atoms. The van der Waals surface area contributed by atoms with Gasteiger partial charge in [-0.25, -0.2) is 8.78 Å². The average molecular weight is 225 g/mol. The van der Waals surface area contributed by atoms with Crippen LogP contribution in [0.25, 0.3) is 0 Å². The number of halogens is 2. The maximum atomic E-state index is 13.5. The molecule has 1 aromatic rings. The van der Waals surface area contributed by atoms with E-state index in [4.69, 9.17) is 0 Å². The van der Waals surface area contributed by atoms with Crippen LogP contribution in [-0.2, 0) is 0 Å². The van der Waals surface area contributed by atoms with Crippen LogP contribution < -0.4 is 5.32 Å². The summed E-state index contributed by atoms with van der Waals surface area (Å²) in [7, 11) is 1.78. The van der Waals surface area contributed by atoms with E-state index in [1.165, 1.54) is 12.1 Å². The molecular formula is C13H17F2N. The molecule has 1 unspecified atom stereocenters. The smallest absolute Gasteiger partial charge is 0.130 e. The molecule has 0 aliphatic rings. The first-order chi connectivity index (χ1) is 7.69. The molecular weight excluding hydrogens is 208 g/mol. The van der Waals surface area contributed by atoms with E-state index in [9.17, 15) is 8.78 Å². The van der Waals surface area contributed by atoms with Crippen molar-refractivity contribution in [2.75, 3.05) is 7.05 Å². The van der Waals surface area contributed by atoms with Gasteiger partial charge in [-0.1, -0.05) is 12.1 Å². The van der Waals surface area contributed by atoms with Crippen LogP contribution in [-0.4, -0.2) is 7.05 Å². The summed E-state index contributed by atoms with van der Waals surface area (Å²) in [5.41, 5.74) is 0.521. The van der Waals surface area contributed by atoms with Gasteiger partial charge in [-0.05, 0) is 32.4 Å². The van der Waals surface area contributed by atoms with Crippen molar-refractivity contribution in [2.45, 2.75) is 25.3 Å². The molecule has 1 nitrogen and oxygen atoms in total. The molecule has 3 heteroatoms. The zero-order valence-electron chi connectivity index (χ0n) is 9.47. The SMILES string of the molecule is C=CCCCC(NC)c1ccc(F)cc1F. The minimum atomic E-state index is -0.540. The van der Waals surface area contributed by atoms with Gasteiger partial charge in [0, 0.05) is 17.7 Å². The quantitative estimate of drug-likeness (QED) is 0.576. The largest absolute Gasteiger partial charge is 0.313 e. The number of benzene rings is 1. The summed E-state index contributed by atoms with van der Waals surface area (Å²) in [6.45, 7) is 3.64. The highest BCUT2D eigenvalue weighted by Crippen LogP contribution is 2.22. The zero-order chi connectivity index (χ0) is 12.0. The summed E-state index contributed by atoms with van der Waals surface area (Å²) in [5, 5.41) is 3.04. The molecule has 1 atom stereocenters. The Morgan fingerprint density at radius 3 is 2.75 bits per heavy atom. The molecule has 0 saturated heterocycles. The highest BCUT2D eigenvalue weighted by atomic mass is 19.1. The molecule has 0 spiro atoms. The summed E-state index contributed by atoms with van der Waals surface area (Å²) in [6.07, 6.45) is 4.49. The Bertz CT molecular complexity index is 350. The first kappa shape index (κ1) is 12.8. The molecule has 0 amide bonds. The van der Waals surface area contributed by atoms with Crippen molar-refractivity contribution in [3.8, 4) is 0 Å². The Labute approximate surface area is 95.2 Å². The number of hydrogen-bond acceptors (Lipinski definition) is 1. The summed E-state index contributed by atoms with van der Waals surface area (Å²) in [6, 6.07) is 3.64. The third-order valence-corrected chi connectivity index (χ3v) is 2.59. The van der Waals surface area contributed by atoms with Crippen molar-refractivity contribution >= 4 is 0 Å². The fraction of sp³-hybridized carbons (Fsp3) is 0.385. The Hall–Kier alpha value is -1.22. The number of hydrogen-bond donors (Lipinski definition) is 1. The minimum Gasteiger partial charge on any atom is -0.313 e. The third-order valence-electron chi connectivity index (χ3n) is 2.59. The number of unbranched alkanes of at least 4 members (excludes halogenated alkanes) is 1. The molecule has 0 heterocycles. The average Bonchev–Trinajstić information content (AvgIpc) is 2.26. The number of nitrogens with one attached hydrogen (secondary N) is 1. The van der Waals surface area contributed by atoms with Crippen molar-refractivity contribution in [3.05, 3.63) is 48.1 Å². The molecule has 1 rings (SSSR count).